The Kier molecular flexibility index (Phi) is 3.71. The van der Waals surface area contributed by atoms with Crippen molar-refractivity contribution in [3.63, 3.8) is 0 Å². The Morgan fingerprint density at radius 1 is 1.22 bits per heavy atom. The maximum Gasteiger partial charge on any atom is 0.224 e. The lowest BCUT2D eigenvalue weighted by Crippen LogP contribution is -2.06. The highest BCUT2D eigenvalue weighted by atomic mass is 32.2. The van der Waals surface area contributed by atoms with Gasteiger partial charge in [-0.2, -0.15) is 9.97 Å². The van der Waals surface area contributed by atoms with Crippen LogP contribution in [0.4, 0.5) is 14.7 Å². The number of rotatable bonds is 3. The number of nitrogens with zero attached hydrogens (tertiary/aromatic N) is 3. The van der Waals surface area contributed by atoms with Gasteiger partial charge in [-0.15, -0.1) is 0 Å². The van der Waals surface area contributed by atoms with Gasteiger partial charge in [0.1, 0.15) is 5.82 Å². The molecule has 0 aliphatic heterocycles. The molecule has 0 radical (unpaired) electrons. The van der Waals surface area contributed by atoms with Gasteiger partial charge < -0.3 is 5.73 Å². The number of anilines is 1. The molecular formula is C11H10F2N4S. The maximum absolute atomic E-state index is 13.5. The van der Waals surface area contributed by atoms with Crippen molar-refractivity contribution in [2.45, 2.75) is 11.6 Å². The summed E-state index contributed by atoms with van der Waals surface area (Å²) >= 11 is 1.30. The van der Waals surface area contributed by atoms with Gasteiger partial charge in [0.15, 0.2) is 16.8 Å². The van der Waals surface area contributed by atoms with Gasteiger partial charge in [0.25, 0.3) is 0 Å². The zero-order valence-electron chi connectivity index (χ0n) is 9.52. The molecule has 0 saturated heterocycles. The molecule has 1 aromatic carbocycles. The van der Waals surface area contributed by atoms with Crippen LogP contribution >= 0.6 is 11.8 Å². The van der Waals surface area contributed by atoms with Gasteiger partial charge in [-0.25, -0.2) is 13.8 Å². The van der Waals surface area contributed by atoms with Gasteiger partial charge in [-0.1, -0.05) is 23.9 Å². The van der Waals surface area contributed by atoms with Gasteiger partial charge in [0.2, 0.25) is 5.95 Å². The Balaban J connectivity index is 2.34. The van der Waals surface area contributed by atoms with Gasteiger partial charge in [-0.3, -0.25) is 0 Å². The third kappa shape index (κ3) is 2.73. The van der Waals surface area contributed by atoms with E-state index in [0.29, 0.717) is 11.0 Å². The minimum absolute atomic E-state index is 0.0705. The molecule has 1 heterocycles. The first-order chi connectivity index (χ1) is 8.60. The molecule has 2 aromatic rings. The van der Waals surface area contributed by atoms with Crippen molar-refractivity contribution in [2.24, 2.45) is 0 Å². The SMILES string of the molecule is CSc1nc(N)nc(Cc2cccc(F)c2F)n1. The molecule has 94 valence electrons. The first-order valence-electron chi connectivity index (χ1n) is 5.07. The Hall–Kier alpha value is -1.76. The first-order valence-corrected chi connectivity index (χ1v) is 6.30. The summed E-state index contributed by atoms with van der Waals surface area (Å²) in [4.78, 5) is 11.9. The third-order valence-corrected chi connectivity index (χ3v) is 2.79. The Morgan fingerprint density at radius 3 is 2.72 bits per heavy atom. The van der Waals surface area contributed by atoms with Crippen LogP contribution in [0.3, 0.4) is 0 Å². The number of hydrogen-bond acceptors (Lipinski definition) is 5. The molecule has 0 amide bonds. The van der Waals surface area contributed by atoms with Gasteiger partial charge >= 0.3 is 0 Å². The second-order valence-corrected chi connectivity index (χ2v) is 4.26. The normalized spacial score (nSPS) is 10.6. The van der Waals surface area contributed by atoms with Crippen LogP contribution in [0.25, 0.3) is 0 Å². The van der Waals surface area contributed by atoms with Crippen LogP contribution in [0, 0.1) is 11.6 Å². The fourth-order valence-electron chi connectivity index (χ4n) is 1.44. The quantitative estimate of drug-likeness (QED) is 0.863. The minimum Gasteiger partial charge on any atom is -0.368 e. The summed E-state index contributed by atoms with van der Waals surface area (Å²) in [6, 6.07) is 3.98. The summed E-state index contributed by atoms with van der Waals surface area (Å²) in [7, 11) is 0. The summed E-state index contributed by atoms with van der Waals surface area (Å²) in [6.07, 6.45) is 1.87. The van der Waals surface area contributed by atoms with E-state index >= 15 is 0 Å². The molecule has 18 heavy (non-hydrogen) atoms. The van der Waals surface area contributed by atoms with Gasteiger partial charge in [-0.05, 0) is 17.9 Å². The summed E-state index contributed by atoms with van der Waals surface area (Å²) in [6.45, 7) is 0. The molecule has 0 atom stereocenters. The lowest BCUT2D eigenvalue weighted by atomic mass is 10.1. The number of nitrogen functional groups attached to an aromatic ring is 1. The van der Waals surface area contributed by atoms with Crippen LogP contribution in [0.2, 0.25) is 0 Å². The van der Waals surface area contributed by atoms with E-state index in [0.717, 1.165) is 6.07 Å². The maximum atomic E-state index is 13.5. The molecule has 0 aliphatic rings. The summed E-state index contributed by atoms with van der Waals surface area (Å²) in [5.74, 6) is -1.39. The average molecular weight is 268 g/mol. The van der Waals surface area contributed by atoms with Crippen molar-refractivity contribution in [3.05, 3.63) is 41.2 Å². The highest BCUT2D eigenvalue weighted by Gasteiger charge is 2.11. The van der Waals surface area contributed by atoms with Crippen LogP contribution in [0.5, 0.6) is 0 Å². The predicted octanol–water partition coefficient (Wildman–Crippen LogP) is 2.04. The molecule has 2 rings (SSSR count). The van der Waals surface area contributed by atoms with E-state index in [1.807, 2.05) is 0 Å². The fraction of sp³-hybridized carbons (Fsp3) is 0.182. The number of aromatic nitrogens is 3. The lowest BCUT2D eigenvalue weighted by molar-refractivity contribution is 0.500. The molecule has 0 spiro atoms. The second-order valence-electron chi connectivity index (χ2n) is 3.49. The number of halogens is 2. The molecular weight excluding hydrogens is 258 g/mol. The zero-order valence-corrected chi connectivity index (χ0v) is 10.3. The van der Waals surface area contributed by atoms with Crippen LogP contribution in [0.15, 0.2) is 23.4 Å². The van der Waals surface area contributed by atoms with E-state index in [1.165, 1.54) is 23.9 Å². The Labute approximate surface area is 107 Å². The van der Waals surface area contributed by atoms with Crippen molar-refractivity contribution in [1.82, 2.24) is 15.0 Å². The Bertz CT molecular complexity index is 577. The number of benzene rings is 1. The number of nitrogens with two attached hydrogens (primary N) is 1. The number of thioether (sulfide) groups is 1. The fourth-order valence-corrected chi connectivity index (χ4v) is 1.82. The molecule has 0 unspecified atom stereocenters. The molecule has 1 aromatic heterocycles. The van der Waals surface area contributed by atoms with Crippen LogP contribution in [-0.2, 0) is 6.42 Å². The van der Waals surface area contributed by atoms with Gasteiger partial charge in [0.05, 0.1) is 0 Å². The monoisotopic (exact) mass is 268 g/mol. The molecule has 0 saturated carbocycles. The predicted molar refractivity (Wildman–Crippen MR) is 65.2 cm³/mol. The zero-order chi connectivity index (χ0) is 13.1. The third-order valence-electron chi connectivity index (χ3n) is 2.24. The van der Waals surface area contributed by atoms with E-state index in [2.05, 4.69) is 15.0 Å². The second kappa shape index (κ2) is 5.26. The molecule has 0 bridgehead atoms. The first kappa shape index (κ1) is 12.7. The standard InChI is InChI=1S/C11H10F2N4S/c1-18-11-16-8(15-10(14)17-11)5-6-3-2-4-7(12)9(6)13/h2-4H,5H2,1H3,(H2,14,15,16,17). The minimum atomic E-state index is -0.889. The average Bonchev–Trinajstić information content (AvgIpc) is 2.34. The van der Waals surface area contributed by atoms with Crippen LogP contribution < -0.4 is 5.73 Å². The molecule has 0 fully saturated rings. The van der Waals surface area contributed by atoms with Crippen LogP contribution in [0.1, 0.15) is 11.4 Å². The van der Waals surface area contributed by atoms with Crippen molar-refractivity contribution in [1.29, 1.82) is 0 Å². The molecule has 4 nitrogen and oxygen atoms in total. The summed E-state index contributed by atoms with van der Waals surface area (Å²) < 4.78 is 26.5. The van der Waals surface area contributed by atoms with Crippen LogP contribution in [-0.4, -0.2) is 21.2 Å². The van der Waals surface area contributed by atoms with E-state index in [9.17, 15) is 8.78 Å². The van der Waals surface area contributed by atoms with E-state index < -0.39 is 11.6 Å². The lowest BCUT2D eigenvalue weighted by Gasteiger charge is -2.04. The summed E-state index contributed by atoms with van der Waals surface area (Å²) in [5, 5.41) is 0.453. The van der Waals surface area contributed by atoms with E-state index in [4.69, 9.17) is 5.73 Å². The number of hydrogen-bond donors (Lipinski definition) is 1. The molecule has 7 heteroatoms. The Morgan fingerprint density at radius 2 is 2.00 bits per heavy atom. The molecule has 2 N–H and O–H groups in total. The smallest absolute Gasteiger partial charge is 0.224 e. The summed E-state index contributed by atoms with van der Waals surface area (Å²) in [5.41, 5.74) is 5.70. The highest BCUT2D eigenvalue weighted by molar-refractivity contribution is 7.98. The molecule has 0 aliphatic carbocycles. The van der Waals surface area contributed by atoms with E-state index in [-0.39, 0.29) is 17.9 Å². The van der Waals surface area contributed by atoms with E-state index in [1.54, 1.807) is 6.26 Å². The van der Waals surface area contributed by atoms with Crippen molar-refractivity contribution >= 4 is 17.7 Å². The van der Waals surface area contributed by atoms with Crippen molar-refractivity contribution in [2.75, 3.05) is 12.0 Å². The highest BCUT2D eigenvalue weighted by Crippen LogP contribution is 2.16. The van der Waals surface area contributed by atoms with Crippen molar-refractivity contribution in [3.8, 4) is 0 Å². The van der Waals surface area contributed by atoms with Crippen molar-refractivity contribution < 1.29 is 8.78 Å². The van der Waals surface area contributed by atoms with Gasteiger partial charge in [0, 0.05) is 6.42 Å². The topological polar surface area (TPSA) is 64.7 Å². The largest absolute Gasteiger partial charge is 0.368 e.